The van der Waals surface area contributed by atoms with Crippen LogP contribution in [0.2, 0.25) is 0 Å². The number of likely N-dealkylation sites (N-methyl/N-ethyl adjacent to an activating group) is 1. The predicted octanol–water partition coefficient (Wildman–Crippen LogP) is 2.77. The molecule has 1 aliphatic heterocycles. The summed E-state index contributed by atoms with van der Waals surface area (Å²) in [6.45, 7) is 10.8. The summed E-state index contributed by atoms with van der Waals surface area (Å²) in [6, 6.07) is 9.08. The second-order valence-corrected chi connectivity index (χ2v) is 7.54. The van der Waals surface area contributed by atoms with Crippen molar-refractivity contribution in [1.29, 1.82) is 0 Å². The number of aromatic nitrogens is 3. The number of likely N-dealkylation sites (tertiary alicyclic amines) is 1. The van der Waals surface area contributed by atoms with Crippen molar-refractivity contribution in [3.05, 3.63) is 47.0 Å². The zero-order valence-corrected chi connectivity index (χ0v) is 20.3. The van der Waals surface area contributed by atoms with Gasteiger partial charge in [0.2, 0.25) is 0 Å². The third-order valence-electron chi connectivity index (χ3n) is 5.51. The third kappa shape index (κ3) is 6.67. The Morgan fingerprint density at radius 3 is 2.76 bits per heavy atom. The van der Waals surface area contributed by atoms with E-state index in [0.717, 1.165) is 30.7 Å². The van der Waals surface area contributed by atoms with Crippen LogP contribution in [-0.2, 0) is 20.1 Å². The maximum absolute atomic E-state index is 4.82. The van der Waals surface area contributed by atoms with E-state index in [1.54, 1.807) is 0 Å². The number of hydrogen-bond acceptors (Lipinski definition) is 4. The van der Waals surface area contributed by atoms with E-state index in [4.69, 9.17) is 4.99 Å². The second kappa shape index (κ2) is 11.5. The highest BCUT2D eigenvalue weighted by atomic mass is 127. The van der Waals surface area contributed by atoms with Gasteiger partial charge in [-0.2, -0.15) is 0 Å². The Morgan fingerprint density at radius 2 is 2.07 bits per heavy atom. The lowest BCUT2D eigenvalue weighted by Gasteiger charge is -2.24. The monoisotopic (exact) mass is 511 g/mol. The summed E-state index contributed by atoms with van der Waals surface area (Å²) in [7, 11) is 1.99. The van der Waals surface area contributed by atoms with Crippen molar-refractivity contribution in [2.45, 2.75) is 52.7 Å². The number of aryl methyl sites for hydroxylation is 2. The van der Waals surface area contributed by atoms with Gasteiger partial charge < -0.3 is 15.2 Å². The fraction of sp³-hybridized carbons (Fsp3) is 0.571. The van der Waals surface area contributed by atoms with Gasteiger partial charge in [0.05, 0.1) is 13.1 Å². The van der Waals surface area contributed by atoms with E-state index in [1.807, 2.05) is 18.5 Å². The Bertz CT molecular complexity index is 802. The first kappa shape index (κ1) is 23.6. The summed E-state index contributed by atoms with van der Waals surface area (Å²) in [4.78, 5) is 7.36. The quantitative estimate of drug-likeness (QED) is 0.340. The van der Waals surface area contributed by atoms with E-state index in [1.165, 1.54) is 30.5 Å². The average molecular weight is 511 g/mol. The van der Waals surface area contributed by atoms with Gasteiger partial charge in [-0.15, -0.1) is 34.2 Å². The van der Waals surface area contributed by atoms with Crippen LogP contribution >= 0.6 is 24.0 Å². The lowest BCUT2D eigenvalue weighted by Crippen LogP contribution is -2.44. The molecule has 8 heteroatoms. The number of nitrogens with zero attached hydrogens (tertiary/aromatic N) is 5. The molecule has 0 spiro atoms. The topological polar surface area (TPSA) is 70.4 Å². The molecule has 1 fully saturated rings. The molecule has 0 bridgehead atoms. The van der Waals surface area contributed by atoms with E-state index < -0.39 is 0 Å². The first-order valence-corrected chi connectivity index (χ1v) is 10.2. The molecule has 2 aromatic rings. The molecule has 2 heterocycles. The molecular formula is C21H34IN7. The minimum atomic E-state index is 0. The summed E-state index contributed by atoms with van der Waals surface area (Å²) in [5, 5.41) is 15.3. The highest BCUT2D eigenvalue weighted by molar-refractivity contribution is 14.0. The maximum atomic E-state index is 4.82. The molecule has 1 atom stereocenters. The number of aliphatic imine (C=N–C) groups is 1. The van der Waals surface area contributed by atoms with Gasteiger partial charge in [-0.3, -0.25) is 4.90 Å². The number of guanidine groups is 1. The predicted molar refractivity (Wildman–Crippen MR) is 129 cm³/mol. The summed E-state index contributed by atoms with van der Waals surface area (Å²) in [5.74, 6) is 2.64. The van der Waals surface area contributed by atoms with Crippen LogP contribution in [0.1, 0.15) is 42.5 Å². The van der Waals surface area contributed by atoms with Crippen LogP contribution in [0, 0.1) is 13.8 Å². The molecule has 29 heavy (non-hydrogen) atoms. The largest absolute Gasteiger partial charge is 0.355 e. The lowest BCUT2D eigenvalue weighted by molar-refractivity contribution is 0.267. The summed E-state index contributed by atoms with van der Waals surface area (Å²) in [6.07, 6.45) is 2.52. The molecule has 0 saturated carbocycles. The molecule has 1 aliphatic rings. The molecule has 3 rings (SSSR count). The van der Waals surface area contributed by atoms with Gasteiger partial charge in [-0.25, -0.2) is 4.99 Å². The Hall–Kier alpha value is -1.68. The Labute approximate surface area is 191 Å². The molecule has 0 amide bonds. The van der Waals surface area contributed by atoms with Gasteiger partial charge in [0.25, 0.3) is 0 Å². The minimum Gasteiger partial charge on any atom is -0.355 e. The number of hydrogen-bond donors (Lipinski definition) is 2. The fourth-order valence-electron chi connectivity index (χ4n) is 3.68. The Balaban J connectivity index is 0.00000300. The van der Waals surface area contributed by atoms with Crippen LogP contribution in [0.5, 0.6) is 0 Å². The molecule has 1 saturated heterocycles. The van der Waals surface area contributed by atoms with E-state index in [9.17, 15) is 0 Å². The van der Waals surface area contributed by atoms with Gasteiger partial charge in [-0.1, -0.05) is 36.8 Å². The van der Waals surface area contributed by atoms with Crippen molar-refractivity contribution < 1.29 is 0 Å². The van der Waals surface area contributed by atoms with E-state index in [2.05, 4.69) is 63.8 Å². The van der Waals surface area contributed by atoms with Crippen molar-refractivity contribution in [2.75, 3.05) is 19.6 Å². The van der Waals surface area contributed by atoms with Crippen LogP contribution in [0.3, 0.4) is 0 Å². The molecule has 160 valence electrons. The molecule has 0 radical (unpaired) electrons. The first-order valence-electron chi connectivity index (χ1n) is 10.2. The van der Waals surface area contributed by atoms with Crippen molar-refractivity contribution >= 4 is 29.9 Å². The highest BCUT2D eigenvalue weighted by Crippen LogP contribution is 2.15. The molecular weight excluding hydrogens is 477 g/mol. The van der Waals surface area contributed by atoms with Gasteiger partial charge >= 0.3 is 0 Å². The minimum absolute atomic E-state index is 0. The molecule has 1 aromatic carbocycles. The number of benzene rings is 1. The summed E-state index contributed by atoms with van der Waals surface area (Å²) >= 11 is 0. The molecule has 1 aromatic heterocycles. The van der Waals surface area contributed by atoms with Crippen LogP contribution in [0.4, 0.5) is 0 Å². The maximum Gasteiger partial charge on any atom is 0.192 e. The Kier molecular flexibility index (Phi) is 9.35. The summed E-state index contributed by atoms with van der Waals surface area (Å²) < 4.78 is 2.00. The highest BCUT2D eigenvalue weighted by Gasteiger charge is 2.22. The molecule has 7 nitrogen and oxygen atoms in total. The first-order chi connectivity index (χ1) is 13.6. The SMILES string of the molecule is CCN1CCCC1CNC(=NCc1cccc(C)c1)NCc1nnc(C)n1C.I. The zero-order valence-electron chi connectivity index (χ0n) is 18.0. The van der Waals surface area contributed by atoms with Gasteiger partial charge in [-0.05, 0) is 45.3 Å². The van der Waals surface area contributed by atoms with E-state index >= 15 is 0 Å². The van der Waals surface area contributed by atoms with Gasteiger partial charge in [0, 0.05) is 19.6 Å². The normalized spacial score (nSPS) is 17.2. The fourth-order valence-corrected chi connectivity index (χ4v) is 3.68. The number of rotatable bonds is 7. The van der Waals surface area contributed by atoms with Crippen LogP contribution in [0.15, 0.2) is 29.3 Å². The lowest BCUT2D eigenvalue weighted by atomic mass is 10.1. The summed E-state index contributed by atoms with van der Waals surface area (Å²) in [5.41, 5.74) is 2.47. The van der Waals surface area contributed by atoms with Crippen molar-refractivity contribution in [3.8, 4) is 0 Å². The smallest absolute Gasteiger partial charge is 0.192 e. The van der Waals surface area contributed by atoms with Crippen molar-refractivity contribution in [1.82, 2.24) is 30.3 Å². The van der Waals surface area contributed by atoms with E-state index in [-0.39, 0.29) is 24.0 Å². The molecule has 1 unspecified atom stereocenters. The van der Waals surface area contributed by atoms with Crippen LogP contribution in [0.25, 0.3) is 0 Å². The van der Waals surface area contributed by atoms with Crippen LogP contribution < -0.4 is 10.6 Å². The second-order valence-electron chi connectivity index (χ2n) is 7.54. The number of nitrogens with one attached hydrogen (secondary N) is 2. The third-order valence-corrected chi connectivity index (χ3v) is 5.51. The van der Waals surface area contributed by atoms with Gasteiger partial charge in [0.15, 0.2) is 11.8 Å². The van der Waals surface area contributed by atoms with Crippen LogP contribution in [-0.4, -0.2) is 51.3 Å². The molecule has 0 aliphatic carbocycles. The van der Waals surface area contributed by atoms with Gasteiger partial charge in [0.1, 0.15) is 5.82 Å². The standard InChI is InChI=1S/C21H33N7.HI/c1-5-28-11-7-10-19(28)14-23-21(22-13-18-9-6-8-16(2)12-18)24-15-20-26-25-17(3)27(20)4;/h6,8-9,12,19H,5,7,10-11,13-15H2,1-4H3,(H2,22,23,24);1H. The average Bonchev–Trinajstić information content (AvgIpc) is 3.28. The van der Waals surface area contributed by atoms with E-state index in [0.29, 0.717) is 19.1 Å². The van der Waals surface area contributed by atoms with Crippen molar-refractivity contribution in [2.24, 2.45) is 12.0 Å². The zero-order chi connectivity index (χ0) is 19.9. The Morgan fingerprint density at radius 1 is 1.24 bits per heavy atom. The van der Waals surface area contributed by atoms with Crippen molar-refractivity contribution in [3.63, 3.8) is 0 Å². The number of halogens is 1. The molecule has 2 N–H and O–H groups in total.